The van der Waals surface area contributed by atoms with Crippen LogP contribution < -0.4 is 5.11 Å². The first-order chi connectivity index (χ1) is 14.2. The van der Waals surface area contributed by atoms with Crippen molar-refractivity contribution in [1.29, 1.82) is 0 Å². The predicted octanol–water partition coefficient (Wildman–Crippen LogP) is 5.46. The van der Waals surface area contributed by atoms with Gasteiger partial charge in [0.1, 0.15) is 0 Å². The number of benzene rings is 1. The van der Waals surface area contributed by atoms with Crippen LogP contribution in [-0.2, 0) is 11.2 Å². The first-order valence-electron chi connectivity index (χ1n) is 11.3. The lowest BCUT2D eigenvalue weighted by molar-refractivity contribution is -0.308. The van der Waals surface area contributed by atoms with E-state index in [0.717, 1.165) is 36.8 Å². The molecule has 4 nitrogen and oxygen atoms in total. The first kappa shape index (κ1) is 23.1. The highest BCUT2D eigenvalue weighted by molar-refractivity contribution is 5.74. The monoisotopic (exact) mass is 395 g/mol. The van der Waals surface area contributed by atoms with E-state index in [-0.39, 0.29) is 0 Å². The highest BCUT2D eigenvalue weighted by Gasteiger charge is 2.13. The standard InChI is InChI=1S/C25H36N2O2/c1-3-5-7-8-9-11-12-20-18-26-24(27-19-20)22-16-14-21(15-17-22)23(25(28)29)13-10-6-4-2/h14-19,23H,3-13H2,1-2H3,(H,28,29)/p-1. The molecule has 2 aromatic rings. The van der Waals surface area contributed by atoms with Gasteiger partial charge in [-0.1, -0.05) is 89.5 Å². The molecular weight excluding hydrogens is 360 g/mol. The molecular formula is C25H35N2O2-. The summed E-state index contributed by atoms with van der Waals surface area (Å²) in [6.07, 6.45) is 16.2. The molecule has 0 aliphatic rings. The lowest BCUT2D eigenvalue weighted by atomic mass is 9.92. The van der Waals surface area contributed by atoms with E-state index in [9.17, 15) is 9.90 Å². The number of hydrogen-bond acceptors (Lipinski definition) is 4. The molecule has 0 aliphatic heterocycles. The molecule has 0 amide bonds. The van der Waals surface area contributed by atoms with E-state index in [1.165, 1.54) is 44.1 Å². The molecule has 2 rings (SSSR count). The van der Waals surface area contributed by atoms with Crippen molar-refractivity contribution in [3.63, 3.8) is 0 Å². The molecule has 1 aromatic carbocycles. The summed E-state index contributed by atoms with van der Waals surface area (Å²) in [5.41, 5.74) is 2.88. The van der Waals surface area contributed by atoms with Crippen LogP contribution in [0.4, 0.5) is 0 Å². The Morgan fingerprint density at radius 1 is 0.862 bits per heavy atom. The molecule has 0 radical (unpaired) electrons. The van der Waals surface area contributed by atoms with Crippen LogP contribution in [0.2, 0.25) is 0 Å². The third kappa shape index (κ3) is 7.96. The van der Waals surface area contributed by atoms with Crippen LogP contribution in [0.15, 0.2) is 36.7 Å². The molecule has 0 N–H and O–H groups in total. The van der Waals surface area contributed by atoms with Crippen molar-refractivity contribution in [1.82, 2.24) is 9.97 Å². The summed E-state index contributed by atoms with van der Waals surface area (Å²) in [6, 6.07) is 7.56. The molecule has 0 aliphatic carbocycles. The number of nitrogens with zero attached hydrogens (tertiary/aromatic N) is 2. The smallest absolute Gasteiger partial charge is 0.159 e. The number of unbranched alkanes of at least 4 members (excludes halogenated alkanes) is 7. The molecule has 158 valence electrons. The second-order valence-corrected chi connectivity index (χ2v) is 7.92. The zero-order chi connectivity index (χ0) is 20.9. The number of hydrogen-bond donors (Lipinski definition) is 0. The number of rotatable bonds is 14. The van der Waals surface area contributed by atoms with Crippen LogP contribution in [0.5, 0.6) is 0 Å². The maximum Gasteiger partial charge on any atom is 0.159 e. The lowest BCUT2D eigenvalue weighted by Gasteiger charge is -2.18. The van der Waals surface area contributed by atoms with Crippen LogP contribution >= 0.6 is 0 Å². The van der Waals surface area contributed by atoms with Gasteiger partial charge >= 0.3 is 0 Å². The summed E-state index contributed by atoms with van der Waals surface area (Å²) in [4.78, 5) is 20.5. The Morgan fingerprint density at radius 3 is 2.07 bits per heavy atom. The molecule has 0 spiro atoms. The van der Waals surface area contributed by atoms with Gasteiger partial charge in [-0.25, -0.2) is 9.97 Å². The molecule has 0 bridgehead atoms. The maximum atomic E-state index is 11.5. The zero-order valence-corrected chi connectivity index (χ0v) is 18.0. The zero-order valence-electron chi connectivity index (χ0n) is 18.0. The van der Waals surface area contributed by atoms with Crippen molar-refractivity contribution in [2.75, 3.05) is 0 Å². The van der Waals surface area contributed by atoms with Gasteiger partial charge in [0.2, 0.25) is 0 Å². The van der Waals surface area contributed by atoms with Crippen molar-refractivity contribution in [3.05, 3.63) is 47.8 Å². The molecule has 1 unspecified atom stereocenters. The van der Waals surface area contributed by atoms with E-state index in [1.54, 1.807) is 0 Å². The number of carbonyl (C=O) groups excluding carboxylic acids is 1. The summed E-state index contributed by atoms with van der Waals surface area (Å²) < 4.78 is 0. The lowest BCUT2D eigenvalue weighted by Crippen LogP contribution is -2.29. The SMILES string of the molecule is CCCCCCCCc1cnc(-c2ccc(C(CCCCC)C(=O)[O-])cc2)nc1. The normalized spacial score (nSPS) is 12.1. The van der Waals surface area contributed by atoms with Gasteiger partial charge in [0.05, 0.1) is 0 Å². The molecule has 0 fully saturated rings. The van der Waals surface area contributed by atoms with Gasteiger partial charge in [-0.05, 0) is 30.4 Å². The molecule has 0 saturated carbocycles. The molecule has 29 heavy (non-hydrogen) atoms. The summed E-state index contributed by atoms with van der Waals surface area (Å²) in [6.45, 7) is 4.35. The summed E-state index contributed by atoms with van der Waals surface area (Å²) in [7, 11) is 0. The van der Waals surface area contributed by atoms with Crippen LogP contribution in [0, 0.1) is 0 Å². The highest BCUT2D eigenvalue weighted by Crippen LogP contribution is 2.25. The molecule has 1 atom stereocenters. The van der Waals surface area contributed by atoms with Crippen LogP contribution in [-0.4, -0.2) is 15.9 Å². The number of aryl methyl sites for hydroxylation is 1. The average Bonchev–Trinajstić information content (AvgIpc) is 2.74. The predicted molar refractivity (Wildman–Crippen MR) is 116 cm³/mol. The van der Waals surface area contributed by atoms with Crippen LogP contribution in [0.3, 0.4) is 0 Å². The number of carbonyl (C=O) groups is 1. The fourth-order valence-corrected chi connectivity index (χ4v) is 3.63. The third-order valence-electron chi connectivity index (χ3n) is 5.48. The number of aromatic nitrogens is 2. The largest absolute Gasteiger partial charge is 0.549 e. The van der Waals surface area contributed by atoms with Gasteiger partial charge in [-0.2, -0.15) is 0 Å². The maximum absolute atomic E-state index is 11.5. The Balaban J connectivity index is 1.91. The van der Waals surface area contributed by atoms with Gasteiger partial charge in [0.15, 0.2) is 5.82 Å². The number of carboxylic acids is 1. The minimum Gasteiger partial charge on any atom is -0.549 e. The number of carboxylic acid groups (broad SMARTS) is 1. The molecule has 1 heterocycles. The third-order valence-corrected chi connectivity index (χ3v) is 5.48. The van der Waals surface area contributed by atoms with E-state index < -0.39 is 11.9 Å². The Hall–Kier alpha value is -2.23. The van der Waals surface area contributed by atoms with E-state index in [0.29, 0.717) is 12.2 Å². The van der Waals surface area contributed by atoms with Gasteiger partial charge < -0.3 is 9.90 Å². The average molecular weight is 396 g/mol. The Bertz CT molecular complexity index is 711. The summed E-state index contributed by atoms with van der Waals surface area (Å²) in [5.74, 6) is -0.861. The Kier molecular flexibility index (Phi) is 10.4. The van der Waals surface area contributed by atoms with Gasteiger partial charge in [-0.3, -0.25) is 0 Å². The van der Waals surface area contributed by atoms with E-state index in [4.69, 9.17) is 0 Å². The van der Waals surface area contributed by atoms with Crippen molar-refractivity contribution in [2.45, 2.75) is 90.4 Å². The van der Waals surface area contributed by atoms with E-state index in [2.05, 4.69) is 23.8 Å². The molecule has 0 saturated heterocycles. The topological polar surface area (TPSA) is 65.9 Å². The van der Waals surface area contributed by atoms with Crippen LogP contribution in [0.25, 0.3) is 11.4 Å². The van der Waals surface area contributed by atoms with E-state index >= 15 is 0 Å². The van der Waals surface area contributed by atoms with Gasteiger partial charge in [-0.15, -0.1) is 0 Å². The fraction of sp³-hybridized carbons (Fsp3) is 0.560. The van der Waals surface area contributed by atoms with Gasteiger partial charge in [0, 0.05) is 29.8 Å². The molecule has 1 aromatic heterocycles. The second kappa shape index (κ2) is 13.1. The second-order valence-electron chi connectivity index (χ2n) is 7.92. The fourth-order valence-electron chi connectivity index (χ4n) is 3.63. The van der Waals surface area contributed by atoms with Crippen molar-refractivity contribution < 1.29 is 9.90 Å². The van der Waals surface area contributed by atoms with Crippen LogP contribution in [0.1, 0.15) is 95.1 Å². The van der Waals surface area contributed by atoms with Gasteiger partial charge in [0.25, 0.3) is 0 Å². The highest BCUT2D eigenvalue weighted by atomic mass is 16.4. The quantitative estimate of drug-likeness (QED) is 0.398. The molecule has 4 heteroatoms. The van der Waals surface area contributed by atoms with Crippen molar-refractivity contribution in [2.24, 2.45) is 0 Å². The Morgan fingerprint density at radius 2 is 1.45 bits per heavy atom. The van der Waals surface area contributed by atoms with Crippen molar-refractivity contribution >= 4 is 5.97 Å². The summed E-state index contributed by atoms with van der Waals surface area (Å²) in [5, 5.41) is 11.5. The Labute approximate surface area is 175 Å². The first-order valence-corrected chi connectivity index (χ1v) is 11.3. The minimum absolute atomic E-state index is 0.545. The van der Waals surface area contributed by atoms with E-state index in [1.807, 2.05) is 36.7 Å². The summed E-state index contributed by atoms with van der Waals surface area (Å²) >= 11 is 0. The number of aliphatic carboxylic acids is 1. The minimum atomic E-state index is -0.996. The van der Waals surface area contributed by atoms with Crippen molar-refractivity contribution in [3.8, 4) is 11.4 Å².